The van der Waals surface area contributed by atoms with Gasteiger partial charge in [-0.1, -0.05) is 11.6 Å². The lowest BCUT2D eigenvalue weighted by atomic mass is 10.0. The molecule has 1 aromatic heterocycles. The molecule has 6 heteroatoms. The molecule has 1 fully saturated rings. The van der Waals surface area contributed by atoms with Gasteiger partial charge in [-0.05, 0) is 33.1 Å². The number of hydrogen-bond acceptors (Lipinski definition) is 3. The second kappa shape index (κ2) is 6.85. The van der Waals surface area contributed by atoms with Crippen LogP contribution in [0, 0.1) is 6.92 Å². The summed E-state index contributed by atoms with van der Waals surface area (Å²) in [7, 11) is 1.84. The summed E-state index contributed by atoms with van der Waals surface area (Å²) >= 11 is 7.82. The fraction of sp³-hybridized carbons (Fsp3) is 0.714. The Balaban J connectivity index is 1.85. The van der Waals surface area contributed by atoms with Crippen LogP contribution < -0.4 is 0 Å². The fourth-order valence-corrected chi connectivity index (χ4v) is 3.94. The van der Waals surface area contributed by atoms with Gasteiger partial charge >= 0.3 is 0 Å². The molecule has 0 aliphatic carbocycles. The van der Waals surface area contributed by atoms with Gasteiger partial charge < -0.3 is 4.90 Å². The summed E-state index contributed by atoms with van der Waals surface area (Å²) in [5.74, 6) is 1.52. The maximum absolute atomic E-state index is 12.2. The van der Waals surface area contributed by atoms with E-state index >= 15 is 0 Å². The molecule has 0 aromatic carbocycles. The molecule has 2 rings (SSSR count). The number of carbonyl (C=O) groups excluding carboxylic acids is 1. The second-order valence-corrected chi connectivity index (χ2v) is 6.75. The van der Waals surface area contributed by atoms with E-state index in [1.165, 1.54) is 6.42 Å². The Hall–Kier alpha value is -0.680. The first-order chi connectivity index (χ1) is 9.50. The van der Waals surface area contributed by atoms with Crippen molar-refractivity contribution in [1.29, 1.82) is 0 Å². The van der Waals surface area contributed by atoms with Crippen molar-refractivity contribution < 1.29 is 4.79 Å². The van der Waals surface area contributed by atoms with Crippen molar-refractivity contribution in [3.05, 3.63) is 16.4 Å². The van der Waals surface area contributed by atoms with Crippen LogP contribution in [0.25, 0.3) is 0 Å². The van der Waals surface area contributed by atoms with E-state index in [1.54, 1.807) is 16.4 Å². The molecule has 1 saturated heterocycles. The zero-order valence-corrected chi connectivity index (χ0v) is 13.9. The van der Waals surface area contributed by atoms with Crippen LogP contribution in [0.3, 0.4) is 0 Å². The maximum Gasteiger partial charge on any atom is 0.232 e. The normalized spacial score (nSPS) is 19.4. The van der Waals surface area contributed by atoms with Gasteiger partial charge in [-0.15, -0.1) is 11.8 Å². The molecule has 0 N–H and O–H groups in total. The van der Waals surface area contributed by atoms with Crippen LogP contribution in [0.1, 0.15) is 37.4 Å². The quantitative estimate of drug-likeness (QED) is 0.857. The standard InChI is InChI=1S/C14H22ClN3OS/c1-10-6-4-5-7-18(10)13(19)9-20-8-12-11(2)16-17(3)14(12)15/h10H,4-9H2,1-3H3. The molecule has 2 heterocycles. The van der Waals surface area contributed by atoms with Crippen molar-refractivity contribution in [1.82, 2.24) is 14.7 Å². The number of likely N-dealkylation sites (tertiary alicyclic amines) is 1. The zero-order chi connectivity index (χ0) is 14.7. The van der Waals surface area contributed by atoms with E-state index in [9.17, 15) is 4.79 Å². The molecule has 0 spiro atoms. The number of thioether (sulfide) groups is 1. The van der Waals surface area contributed by atoms with E-state index in [2.05, 4.69) is 12.0 Å². The SMILES string of the molecule is Cc1nn(C)c(Cl)c1CSCC(=O)N1CCCCC1C. The van der Waals surface area contributed by atoms with Crippen molar-refractivity contribution in [2.24, 2.45) is 7.05 Å². The third-order valence-electron chi connectivity index (χ3n) is 3.87. The van der Waals surface area contributed by atoms with Crippen LogP contribution in [0.5, 0.6) is 0 Å². The molecular weight excluding hydrogens is 294 g/mol. The molecule has 0 saturated carbocycles. The number of aryl methyl sites for hydroxylation is 2. The number of hydrogen-bond donors (Lipinski definition) is 0. The molecule has 0 radical (unpaired) electrons. The summed E-state index contributed by atoms with van der Waals surface area (Å²) in [5, 5.41) is 4.96. The third kappa shape index (κ3) is 3.50. The van der Waals surface area contributed by atoms with Crippen molar-refractivity contribution in [2.75, 3.05) is 12.3 Å². The lowest BCUT2D eigenvalue weighted by molar-refractivity contribution is -0.131. The summed E-state index contributed by atoms with van der Waals surface area (Å²) in [4.78, 5) is 14.2. The Labute approximate surface area is 129 Å². The molecule has 1 aliphatic heterocycles. The molecule has 1 amide bonds. The molecule has 4 nitrogen and oxygen atoms in total. The van der Waals surface area contributed by atoms with E-state index in [1.807, 2.05) is 18.9 Å². The molecule has 1 aliphatic rings. The van der Waals surface area contributed by atoms with Gasteiger partial charge in [0.2, 0.25) is 5.91 Å². The smallest absolute Gasteiger partial charge is 0.232 e. The average molecular weight is 316 g/mol. The summed E-state index contributed by atoms with van der Waals surface area (Å²) in [5.41, 5.74) is 1.99. The summed E-state index contributed by atoms with van der Waals surface area (Å²) in [6, 6.07) is 0.389. The summed E-state index contributed by atoms with van der Waals surface area (Å²) in [6.45, 7) is 5.01. The van der Waals surface area contributed by atoms with Gasteiger partial charge in [0.25, 0.3) is 0 Å². The molecule has 20 heavy (non-hydrogen) atoms. The molecule has 1 unspecified atom stereocenters. The van der Waals surface area contributed by atoms with Gasteiger partial charge in [0.1, 0.15) is 5.15 Å². The molecular formula is C14H22ClN3OS. The first-order valence-corrected chi connectivity index (χ1v) is 8.59. The highest BCUT2D eigenvalue weighted by molar-refractivity contribution is 7.99. The largest absolute Gasteiger partial charge is 0.339 e. The topological polar surface area (TPSA) is 38.1 Å². The number of rotatable bonds is 4. The summed E-state index contributed by atoms with van der Waals surface area (Å²) in [6.07, 6.45) is 3.50. The highest BCUT2D eigenvalue weighted by Crippen LogP contribution is 2.24. The van der Waals surface area contributed by atoms with E-state index < -0.39 is 0 Å². The van der Waals surface area contributed by atoms with E-state index in [4.69, 9.17) is 11.6 Å². The van der Waals surface area contributed by atoms with Gasteiger partial charge in [0, 0.05) is 31.0 Å². The monoisotopic (exact) mass is 315 g/mol. The maximum atomic E-state index is 12.2. The molecule has 1 aromatic rings. The van der Waals surface area contributed by atoms with Gasteiger partial charge in [-0.2, -0.15) is 5.10 Å². The number of carbonyl (C=O) groups is 1. The minimum absolute atomic E-state index is 0.250. The van der Waals surface area contributed by atoms with Gasteiger partial charge in [0.15, 0.2) is 0 Å². The third-order valence-corrected chi connectivity index (χ3v) is 5.28. The van der Waals surface area contributed by atoms with Crippen LogP contribution in [0.15, 0.2) is 0 Å². The second-order valence-electron chi connectivity index (χ2n) is 5.40. The number of nitrogens with zero attached hydrogens (tertiary/aromatic N) is 3. The van der Waals surface area contributed by atoms with E-state index in [-0.39, 0.29) is 5.91 Å². The first-order valence-electron chi connectivity index (χ1n) is 7.06. The minimum atomic E-state index is 0.250. The number of aromatic nitrogens is 2. The summed E-state index contributed by atoms with van der Waals surface area (Å²) < 4.78 is 1.68. The van der Waals surface area contributed by atoms with Crippen LogP contribution in [-0.4, -0.2) is 38.9 Å². The van der Waals surface area contributed by atoms with Crippen molar-refractivity contribution in [3.8, 4) is 0 Å². The molecule has 1 atom stereocenters. The van der Waals surface area contributed by atoms with Crippen molar-refractivity contribution in [2.45, 2.75) is 44.9 Å². The zero-order valence-electron chi connectivity index (χ0n) is 12.4. The highest BCUT2D eigenvalue weighted by Gasteiger charge is 2.23. The van der Waals surface area contributed by atoms with Crippen LogP contribution in [0.4, 0.5) is 0 Å². The van der Waals surface area contributed by atoms with Crippen molar-refractivity contribution >= 4 is 29.3 Å². The lowest BCUT2D eigenvalue weighted by Crippen LogP contribution is -2.42. The molecule has 0 bridgehead atoms. The Kier molecular flexibility index (Phi) is 5.38. The fourth-order valence-electron chi connectivity index (χ4n) is 2.63. The number of amides is 1. The Morgan fingerprint density at radius 1 is 1.50 bits per heavy atom. The van der Waals surface area contributed by atoms with Crippen molar-refractivity contribution in [3.63, 3.8) is 0 Å². The van der Waals surface area contributed by atoms with Gasteiger partial charge in [0.05, 0.1) is 11.4 Å². The minimum Gasteiger partial charge on any atom is -0.339 e. The van der Waals surface area contributed by atoms with Crippen LogP contribution in [-0.2, 0) is 17.6 Å². The predicted molar refractivity (Wildman–Crippen MR) is 84.1 cm³/mol. The first kappa shape index (κ1) is 15.7. The van der Waals surface area contributed by atoms with E-state index in [0.717, 1.165) is 36.4 Å². The van der Waals surface area contributed by atoms with Gasteiger partial charge in [-0.25, -0.2) is 0 Å². The Morgan fingerprint density at radius 2 is 2.25 bits per heavy atom. The average Bonchev–Trinajstić information content (AvgIpc) is 2.65. The number of piperidine rings is 1. The highest BCUT2D eigenvalue weighted by atomic mass is 35.5. The molecule has 112 valence electrons. The predicted octanol–water partition coefficient (Wildman–Crippen LogP) is 3.02. The lowest BCUT2D eigenvalue weighted by Gasteiger charge is -2.33. The van der Waals surface area contributed by atoms with Crippen LogP contribution >= 0.6 is 23.4 Å². The Morgan fingerprint density at radius 3 is 2.85 bits per heavy atom. The number of halogens is 1. The van der Waals surface area contributed by atoms with Gasteiger partial charge in [-0.3, -0.25) is 9.48 Å². The van der Waals surface area contributed by atoms with E-state index in [0.29, 0.717) is 16.9 Å². The van der Waals surface area contributed by atoms with Crippen LogP contribution in [0.2, 0.25) is 5.15 Å². The Bertz CT molecular complexity index is 489.